The van der Waals surface area contributed by atoms with Crippen molar-refractivity contribution >= 4 is 33.2 Å². The number of halogens is 1. The zero-order valence-electron chi connectivity index (χ0n) is 17.3. The van der Waals surface area contributed by atoms with Crippen molar-refractivity contribution in [3.63, 3.8) is 0 Å². The standard InChI is InChI=1S/C22H28ClN3O3S/c1-3-17(2)18-7-9-21(10-8-18)30(28,29)26-13-11-25(12-14-26)16-22(27)24-20-6-4-5-19(23)15-20/h4-10,15,17H,3,11-14,16H2,1-2H3,(H,24,27). The Morgan fingerprint density at radius 1 is 1.10 bits per heavy atom. The number of nitrogens with zero attached hydrogens (tertiary/aromatic N) is 2. The minimum Gasteiger partial charge on any atom is -0.325 e. The van der Waals surface area contributed by atoms with E-state index in [0.717, 1.165) is 12.0 Å². The van der Waals surface area contributed by atoms with Crippen LogP contribution in [0.1, 0.15) is 31.7 Å². The van der Waals surface area contributed by atoms with Crippen LogP contribution in [0.4, 0.5) is 5.69 Å². The first-order chi connectivity index (χ1) is 14.3. The molecule has 0 radical (unpaired) electrons. The monoisotopic (exact) mass is 449 g/mol. The van der Waals surface area contributed by atoms with Crippen LogP contribution in [-0.4, -0.2) is 56.3 Å². The summed E-state index contributed by atoms with van der Waals surface area (Å²) in [5, 5.41) is 3.38. The van der Waals surface area contributed by atoms with Crippen LogP contribution >= 0.6 is 11.6 Å². The van der Waals surface area contributed by atoms with E-state index in [2.05, 4.69) is 19.2 Å². The molecule has 1 atom stereocenters. The third-order valence-corrected chi connectivity index (χ3v) is 7.65. The first-order valence-electron chi connectivity index (χ1n) is 10.2. The second-order valence-corrected chi connectivity index (χ2v) is 9.99. The second-order valence-electron chi connectivity index (χ2n) is 7.62. The lowest BCUT2D eigenvalue weighted by Crippen LogP contribution is -2.50. The van der Waals surface area contributed by atoms with E-state index in [1.807, 2.05) is 17.0 Å². The van der Waals surface area contributed by atoms with Gasteiger partial charge in [-0.05, 0) is 48.2 Å². The predicted molar refractivity (Wildman–Crippen MR) is 120 cm³/mol. The Labute approximate surface area is 183 Å². The fourth-order valence-electron chi connectivity index (χ4n) is 3.45. The van der Waals surface area contributed by atoms with Crippen LogP contribution < -0.4 is 5.32 Å². The molecule has 6 nitrogen and oxygen atoms in total. The van der Waals surface area contributed by atoms with Gasteiger partial charge in [-0.1, -0.05) is 43.6 Å². The molecule has 1 fully saturated rings. The summed E-state index contributed by atoms with van der Waals surface area (Å²) in [6.45, 7) is 6.19. The number of nitrogens with one attached hydrogen (secondary N) is 1. The van der Waals surface area contributed by atoms with E-state index < -0.39 is 10.0 Å². The summed E-state index contributed by atoms with van der Waals surface area (Å²) >= 11 is 5.94. The molecule has 1 saturated heterocycles. The molecule has 1 aliphatic rings. The lowest BCUT2D eigenvalue weighted by molar-refractivity contribution is -0.117. The zero-order valence-corrected chi connectivity index (χ0v) is 18.9. The summed E-state index contributed by atoms with van der Waals surface area (Å²) in [7, 11) is -3.52. The summed E-state index contributed by atoms with van der Waals surface area (Å²) in [5.41, 5.74) is 1.79. The molecule has 8 heteroatoms. The summed E-state index contributed by atoms with van der Waals surface area (Å²) < 4.78 is 27.4. The Morgan fingerprint density at radius 3 is 2.37 bits per heavy atom. The average molecular weight is 450 g/mol. The Kier molecular flexibility index (Phi) is 7.52. The topological polar surface area (TPSA) is 69.7 Å². The molecule has 1 heterocycles. The summed E-state index contributed by atoms with van der Waals surface area (Å²) in [4.78, 5) is 14.6. The van der Waals surface area contributed by atoms with Crippen LogP contribution in [0.3, 0.4) is 0 Å². The molecule has 1 aliphatic heterocycles. The number of amides is 1. The first kappa shape index (κ1) is 22.7. The fourth-order valence-corrected chi connectivity index (χ4v) is 5.06. The lowest BCUT2D eigenvalue weighted by Gasteiger charge is -2.33. The predicted octanol–water partition coefficient (Wildman–Crippen LogP) is 3.80. The van der Waals surface area contributed by atoms with Gasteiger partial charge in [0, 0.05) is 36.9 Å². The minimum absolute atomic E-state index is 0.144. The normalized spacial score (nSPS) is 16.9. The number of sulfonamides is 1. The van der Waals surface area contributed by atoms with Crippen molar-refractivity contribution in [1.82, 2.24) is 9.21 Å². The number of rotatable bonds is 7. The molecule has 162 valence electrons. The lowest BCUT2D eigenvalue weighted by atomic mass is 9.99. The molecule has 0 bridgehead atoms. The Balaban J connectivity index is 1.54. The molecule has 30 heavy (non-hydrogen) atoms. The van der Waals surface area contributed by atoms with Gasteiger partial charge in [0.1, 0.15) is 0 Å². The minimum atomic E-state index is -3.52. The fraction of sp³-hybridized carbons (Fsp3) is 0.409. The van der Waals surface area contributed by atoms with Gasteiger partial charge >= 0.3 is 0 Å². The first-order valence-corrected chi connectivity index (χ1v) is 12.0. The van der Waals surface area contributed by atoms with Gasteiger partial charge in [0.2, 0.25) is 15.9 Å². The number of anilines is 1. The smallest absolute Gasteiger partial charge is 0.243 e. The number of hydrogen-bond acceptors (Lipinski definition) is 4. The molecule has 1 amide bonds. The van der Waals surface area contributed by atoms with Crippen LogP contribution in [0.5, 0.6) is 0 Å². The van der Waals surface area contributed by atoms with Crippen LogP contribution in [0.15, 0.2) is 53.4 Å². The molecule has 0 spiro atoms. The summed E-state index contributed by atoms with van der Waals surface area (Å²) in [6, 6.07) is 14.2. The highest BCUT2D eigenvalue weighted by Gasteiger charge is 2.29. The van der Waals surface area contributed by atoms with Gasteiger partial charge in [0.15, 0.2) is 0 Å². The maximum atomic E-state index is 13.0. The molecular formula is C22H28ClN3O3S. The van der Waals surface area contributed by atoms with Crippen molar-refractivity contribution in [3.05, 3.63) is 59.1 Å². The van der Waals surface area contributed by atoms with Crippen LogP contribution in [0.25, 0.3) is 0 Å². The highest BCUT2D eigenvalue weighted by molar-refractivity contribution is 7.89. The van der Waals surface area contributed by atoms with Crippen molar-refractivity contribution in [3.8, 4) is 0 Å². The third-order valence-electron chi connectivity index (χ3n) is 5.51. The maximum Gasteiger partial charge on any atom is 0.243 e. The van der Waals surface area contributed by atoms with E-state index in [0.29, 0.717) is 47.7 Å². The van der Waals surface area contributed by atoms with Crippen molar-refractivity contribution in [2.75, 3.05) is 38.0 Å². The van der Waals surface area contributed by atoms with Gasteiger partial charge in [-0.25, -0.2) is 8.42 Å². The van der Waals surface area contributed by atoms with Crippen LogP contribution in [0, 0.1) is 0 Å². The van der Waals surface area contributed by atoms with Gasteiger partial charge in [-0.3, -0.25) is 9.69 Å². The molecular weight excluding hydrogens is 422 g/mol. The van der Waals surface area contributed by atoms with Gasteiger partial charge in [0.25, 0.3) is 0 Å². The van der Waals surface area contributed by atoms with Gasteiger partial charge in [-0.15, -0.1) is 0 Å². The Morgan fingerprint density at radius 2 is 1.77 bits per heavy atom. The highest BCUT2D eigenvalue weighted by Crippen LogP contribution is 2.23. The number of carbonyl (C=O) groups excluding carboxylic acids is 1. The van der Waals surface area contributed by atoms with Crippen LogP contribution in [0.2, 0.25) is 5.02 Å². The van der Waals surface area contributed by atoms with E-state index in [1.54, 1.807) is 36.4 Å². The summed E-state index contributed by atoms with van der Waals surface area (Å²) in [6.07, 6.45) is 1.01. The molecule has 0 saturated carbocycles. The molecule has 0 aromatic heterocycles. The Hall–Kier alpha value is -1.93. The zero-order chi connectivity index (χ0) is 21.7. The van der Waals surface area contributed by atoms with Crippen molar-refractivity contribution in [1.29, 1.82) is 0 Å². The average Bonchev–Trinajstić information content (AvgIpc) is 2.73. The molecule has 1 unspecified atom stereocenters. The van der Waals surface area contributed by atoms with E-state index in [1.165, 1.54) is 4.31 Å². The quantitative estimate of drug-likeness (QED) is 0.698. The molecule has 0 aliphatic carbocycles. The molecule has 3 rings (SSSR count). The number of hydrogen-bond donors (Lipinski definition) is 1. The van der Waals surface area contributed by atoms with Crippen molar-refractivity contribution in [2.24, 2.45) is 0 Å². The molecule has 1 N–H and O–H groups in total. The van der Waals surface area contributed by atoms with E-state index in [9.17, 15) is 13.2 Å². The van der Waals surface area contributed by atoms with Gasteiger partial charge in [0.05, 0.1) is 11.4 Å². The SMILES string of the molecule is CCC(C)c1ccc(S(=O)(=O)N2CCN(CC(=O)Nc3cccc(Cl)c3)CC2)cc1. The number of piperazine rings is 1. The molecule has 2 aromatic rings. The molecule has 2 aromatic carbocycles. The van der Waals surface area contributed by atoms with E-state index >= 15 is 0 Å². The van der Waals surface area contributed by atoms with E-state index in [4.69, 9.17) is 11.6 Å². The maximum absolute atomic E-state index is 13.0. The Bertz CT molecular complexity index is 971. The van der Waals surface area contributed by atoms with Crippen molar-refractivity contribution < 1.29 is 13.2 Å². The number of carbonyl (C=O) groups is 1. The largest absolute Gasteiger partial charge is 0.325 e. The summed E-state index contributed by atoms with van der Waals surface area (Å²) in [5.74, 6) is 0.262. The van der Waals surface area contributed by atoms with Gasteiger partial charge in [-0.2, -0.15) is 4.31 Å². The number of benzene rings is 2. The third kappa shape index (κ3) is 5.60. The van der Waals surface area contributed by atoms with Gasteiger partial charge < -0.3 is 5.32 Å². The second kappa shape index (κ2) is 9.92. The van der Waals surface area contributed by atoms with Crippen LogP contribution in [-0.2, 0) is 14.8 Å². The van der Waals surface area contributed by atoms with Crippen molar-refractivity contribution in [2.45, 2.75) is 31.1 Å². The van der Waals surface area contributed by atoms with E-state index in [-0.39, 0.29) is 12.5 Å². The highest BCUT2D eigenvalue weighted by atomic mass is 35.5.